The number of aryl methyl sites for hydroxylation is 3. The fourth-order valence-corrected chi connectivity index (χ4v) is 3.21. The van der Waals surface area contributed by atoms with Gasteiger partial charge in [-0.25, -0.2) is 4.98 Å². The molecule has 1 heterocycles. The molecule has 0 aliphatic rings. The van der Waals surface area contributed by atoms with Crippen molar-refractivity contribution in [3.05, 3.63) is 65.5 Å². The van der Waals surface area contributed by atoms with Crippen molar-refractivity contribution in [1.82, 2.24) is 14.9 Å². The van der Waals surface area contributed by atoms with Crippen LogP contribution in [0.3, 0.4) is 0 Å². The first-order chi connectivity index (χ1) is 13.0. The van der Waals surface area contributed by atoms with Gasteiger partial charge in [0.2, 0.25) is 0 Å². The smallest absolute Gasteiger partial charge is 0.251 e. The second-order valence-electron chi connectivity index (χ2n) is 7.58. The number of imidazole rings is 1. The minimum atomic E-state index is -0.0108. The monoisotopic (exact) mass is 363 g/mol. The maximum absolute atomic E-state index is 12.2. The van der Waals surface area contributed by atoms with Crippen LogP contribution in [0, 0.1) is 12.8 Å². The Bertz CT molecular complexity index is 894. The summed E-state index contributed by atoms with van der Waals surface area (Å²) in [4.78, 5) is 17.0. The number of para-hydroxylation sites is 2. The molecule has 0 atom stereocenters. The van der Waals surface area contributed by atoms with E-state index in [-0.39, 0.29) is 5.91 Å². The molecule has 3 aromatic rings. The van der Waals surface area contributed by atoms with E-state index in [9.17, 15) is 4.79 Å². The second kappa shape index (κ2) is 8.85. The molecule has 1 N–H and O–H groups in total. The lowest BCUT2D eigenvalue weighted by Crippen LogP contribution is -2.25. The van der Waals surface area contributed by atoms with E-state index in [4.69, 9.17) is 4.98 Å². The summed E-state index contributed by atoms with van der Waals surface area (Å²) >= 11 is 0. The quantitative estimate of drug-likeness (QED) is 0.587. The van der Waals surface area contributed by atoms with Crippen molar-refractivity contribution in [1.29, 1.82) is 0 Å². The molecular weight excluding hydrogens is 334 g/mol. The van der Waals surface area contributed by atoms with Gasteiger partial charge in [0, 0.05) is 25.1 Å². The van der Waals surface area contributed by atoms with Crippen molar-refractivity contribution in [2.45, 2.75) is 46.6 Å². The number of fused-ring (bicyclic) bond motifs is 1. The zero-order valence-corrected chi connectivity index (χ0v) is 16.5. The highest BCUT2D eigenvalue weighted by molar-refractivity contribution is 5.94. The Morgan fingerprint density at radius 3 is 2.59 bits per heavy atom. The van der Waals surface area contributed by atoms with Gasteiger partial charge < -0.3 is 9.88 Å². The summed E-state index contributed by atoms with van der Waals surface area (Å²) in [6.07, 6.45) is 2.88. The van der Waals surface area contributed by atoms with E-state index in [1.807, 2.05) is 37.3 Å². The van der Waals surface area contributed by atoms with Crippen LogP contribution in [0.5, 0.6) is 0 Å². The van der Waals surface area contributed by atoms with E-state index in [1.54, 1.807) is 0 Å². The number of amides is 1. The first-order valence-corrected chi connectivity index (χ1v) is 9.83. The maximum atomic E-state index is 12.2. The predicted octanol–water partition coefficient (Wildman–Crippen LogP) is 4.75. The molecule has 0 aliphatic heterocycles. The van der Waals surface area contributed by atoms with Crippen molar-refractivity contribution in [2.24, 2.45) is 5.92 Å². The lowest BCUT2D eigenvalue weighted by molar-refractivity contribution is 0.0953. The number of carbonyl (C=O) groups excluding carboxylic acids is 1. The van der Waals surface area contributed by atoms with E-state index < -0.39 is 0 Å². The van der Waals surface area contributed by atoms with Gasteiger partial charge in [-0.2, -0.15) is 0 Å². The van der Waals surface area contributed by atoms with Crippen LogP contribution in [0.4, 0.5) is 0 Å². The Morgan fingerprint density at radius 1 is 1.11 bits per heavy atom. The fourth-order valence-electron chi connectivity index (χ4n) is 3.21. The molecule has 0 saturated carbocycles. The Balaban J connectivity index is 1.60. The standard InChI is InChI=1S/C23H29N3O/c1-17(2)14-16-26-21-8-5-4-7-20(21)25-22(26)9-6-15-24-23(27)19-12-10-18(3)11-13-19/h4-5,7-8,10-13,17H,6,9,14-16H2,1-3H3,(H,24,27). The third-order valence-corrected chi connectivity index (χ3v) is 4.84. The number of nitrogens with zero attached hydrogens (tertiary/aromatic N) is 2. The molecule has 0 bridgehead atoms. The molecule has 1 amide bonds. The summed E-state index contributed by atoms with van der Waals surface area (Å²) in [5, 5.41) is 3.02. The highest BCUT2D eigenvalue weighted by atomic mass is 16.1. The molecule has 0 aliphatic carbocycles. The summed E-state index contributed by atoms with van der Waals surface area (Å²) in [5.74, 6) is 1.76. The van der Waals surface area contributed by atoms with E-state index in [1.165, 1.54) is 5.52 Å². The van der Waals surface area contributed by atoms with Crippen molar-refractivity contribution < 1.29 is 4.79 Å². The van der Waals surface area contributed by atoms with E-state index in [2.05, 4.69) is 41.9 Å². The van der Waals surface area contributed by atoms with Crippen molar-refractivity contribution in [3.63, 3.8) is 0 Å². The Kier molecular flexibility index (Phi) is 6.28. The van der Waals surface area contributed by atoms with Crippen LogP contribution in [0.2, 0.25) is 0 Å². The number of hydrogen-bond acceptors (Lipinski definition) is 2. The summed E-state index contributed by atoms with van der Waals surface area (Å²) in [5.41, 5.74) is 4.13. The molecule has 4 nitrogen and oxygen atoms in total. The van der Waals surface area contributed by atoms with Crippen LogP contribution < -0.4 is 5.32 Å². The number of benzene rings is 2. The summed E-state index contributed by atoms with van der Waals surface area (Å²) < 4.78 is 2.34. The lowest BCUT2D eigenvalue weighted by Gasteiger charge is -2.11. The number of carbonyl (C=O) groups is 1. The molecular formula is C23H29N3O. The van der Waals surface area contributed by atoms with Gasteiger partial charge in [-0.15, -0.1) is 0 Å². The van der Waals surface area contributed by atoms with Crippen molar-refractivity contribution in [2.75, 3.05) is 6.54 Å². The normalized spacial score (nSPS) is 11.3. The van der Waals surface area contributed by atoms with Gasteiger partial charge in [0.05, 0.1) is 11.0 Å². The van der Waals surface area contributed by atoms with Gasteiger partial charge in [0.25, 0.3) is 5.91 Å². The predicted molar refractivity (Wildman–Crippen MR) is 111 cm³/mol. The van der Waals surface area contributed by atoms with E-state index in [0.29, 0.717) is 18.0 Å². The first-order valence-electron chi connectivity index (χ1n) is 9.83. The van der Waals surface area contributed by atoms with Gasteiger partial charge in [-0.1, -0.05) is 43.7 Å². The Labute approximate surface area is 161 Å². The Hall–Kier alpha value is -2.62. The number of hydrogen-bond donors (Lipinski definition) is 1. The molecule has 27 heavy (non-hydrogen) atoms. The highest BCUT2D eigenvalue weighted by Gasteiger charge is 2.11. The average molecular weight is 364 g/mol. The fraction of sp³-hybridized carbons (Fsp3) is 0.391. The molecule has 3 rings (SSSR count). The molecule has 1 aromatic heterocycles. The van der Waals surface area contributed by atoms with Gasteiger partial charge in [0.1, 0.15) is 5.82 Å². The van der Waals surface area contributed by atoms with Crippen molar-refractivity contribution >= 4 is 16.9 Å². The van der Waals surface area contributed by atoms with Crippen LogP contribution in [0.25, 0.3) is 11.0 Å². The van der Waals surface area contributed by atoms with Gasteiger partial charge in [-0.05, 0) is 49.9 Å². The van der Waals surface area contributed by atoms with Crippen LogP contribution in [-0.4, -0.2) is 22.0 Å². The zero-order valence-electron chi connectivity index (χ0n) is 16.5. The van der Waals surface area contributed by atoms with E-state index >= 15 is 0 Å². The molecule has 0 spiro atoms. The summed E-state index contributed by atoms with van der Waals surface area (Å²) in [6, 6.07) is 16.0. The van der Waals surface area contributed by atoms with Crippen LogP contribution >= 0.6 is 0 Å². The lowest BCUT2D eigenvalue weighted by atomic mass is 10.1. The zero-order chi connectivity index (χ0) is 19.2. The minimum absolute atomic E-state index is 0.0108. The van der Waals surface area contributed by atoms with Gasteiger partial charge in [0.15, 0.2) is 0 Å². The minimum Gasteiger partial charge on any atom is -0.352 e. The molecule has 0 saturated heterocycles. The number of nitrogens with one attached hydrogen (secondary N) is 1. The topological polar surface area (TPSA) is 46.9 Å². The molecule has 0 unspecified atom stereocenters. The third-order valence-electron chi connectivity index (χ3n) is 4.84. The van der Waals surface area contributed by atoms with Crippen LogP contribution in [0.1, 0.15) is 48.4 Å². The van der Waals surface area contributed by atoms with Crippen LogP contribution in [-0.2, 0) is 13.0 Å². The molecule has 4 heteroatoms. The molecule has 0 fully saturated rings. The summed E-state index contributed by atoms with van der Waals surface area (Å²) in [7, 11) is 0. The molecule has 142 valence electrons. The Morgan fingerprint density at radius 2 is 1.85 bits per heavy atom. The van der Waals surface area contributed by atoms with Crippen molar-refractivity contribution in [3.8, 4) is 0 Å². The SMILES string of the molecule is Cc1ccc(C(=O)NCCCc2nc3ccccc3n2CCC(C)C)cc1. The molecule has 0 radical (unpaired) electrons. The third kappa shape index (κ3) is 4.97. The highest BCUT2D eigenvalue weighted by Crippen LogP contribution is 2.18. The maximum Gasteiger partial charge on any atom is 0.251 e. The van der Waals surface area contributed by atoms with Gasteiger partial charge >= 0.3 is 0 Å². The van der Waals surface area contributed by atoms with Crippen LogP contribution in [0.15, 0.2) is 48.5 Å². The largest absolute Gasteiger partial charge is 0.352 e. The molecule has 2 aromatic carbocycles. The van der Waals surface area contributed by atoms with Gasteiger partial charge in [-0.3, -0.25) is 4.79 Å². The summed E-state index contributed by atoms with van der Waals surface area (Å²) in [6.45, 7) is 8.16. The average Bonchev–Trinajstić information content (AvgIpc) is 3.01. The number of aromatic nitrogens is 2. The number of rotatable bonds is 8. The first kappa shape index (κ1) is 19.2. The van der Waals surface area contributed by atoms with E-state index in [0.717, 1.165) is 42.7 Å². The second-order valence-corrected chi connectivity index (χ2v) is 7.58.